The number of hydrogen-bond donors (Lipinski definition) is 1. The van der Waals surface area contributed by atoms with Gasteiger partial charge in [0.15, 0.2) is 6.61 Å². The molecule has 106 valence electrons. The number of carbonyl (C=O) groups is 2. The van der Waals surface area contributed by atoms with E-state index in [1.54, 1.807) is 13.0 Å². The second kappa shape index (κ2) is 6.22. The first-order valence-electron chi connectivity index (χ1n) is 7.25. The second-order valence-electron chi connectivity index (χ2n) is 5.64. The van der Waals surface area contributed by atoms with Crippen molar-refractivity contribution < 1.29 is 14.3 Å². The lowest BCUT2D eigenvalue weighted by atomic mass is 10.1. The van der Waals surface area contributed by atoms with Gasteiger partial charge in [-0.15, -0.1) is 0 Å². The number of hydrogen-bond acceptors (Lipinski definition) is 3. The van der Waals surface area contributed by atoms with Crippen molar-refractivity contribution in [3.05, 3.63) is 11.6 Å². The van der Waals surface area contributed by atoms with Gasteiger partial charge in [-0.3, -0.25) is 4.79 Å². The lowest BCUT2D eigenvalue weighted by Gasteiger charge is -2.17. The van der Waals surface area contributed by atoms with Gasteiger partial charge < -0.3 is 10.1 Å². The average Bonchev–Trinajstić information content (AvgIpc) is 3.26. The fourth-order valence-electron chi connectivity index (χ4n) is 2.39. The van der Waals surface area contributed by atoms with Crippen molar-refractivity contribution in [3.8, 4) is 0 Å². The maximum absolute atomic E-state index is 11.8. The fraction of sp³-hybridized carbons (Fsp3) is 0.733. The van der Waals surface area contributed by atoms with Gasteiger partial charge in [0, 0.05) is 11.6 Å². The lowest BCUT2D eigenvalue weighted by molar-refractivity contribution is -0.145. The van der Waals surface area contributed by atoms with E-state index >= 15 is 0 Å². The van der Waals surface area contributed by atoms with Crippen LogP contribution in [-0.2, 0) is 14.3 Å². The van der Waals surface area contributed by atoms with Gasteiger partial charge in [0.25, 0.3) is 5.91 Å². The zero-order valence-electron chi connectivity index (χ0n) is 11.8. The molecule has 0 radical (unpaired) electrons. The summed E-state index contributed by atoms with van der Waals surface area (Å²) in [4.78, 5) is 23.3. The molecule has 1 N–H and O–H groups in total. The van der Waals surface area contributed by atoms with Gasteiger partial charge in [-0.1, -0.05) is 13.0 Å². The molecule has 0 heterocycles. The van der Waals surface area contributed by atoms with E-state index in [4.69, 9.17) is 4.74 Å². The summed E-state index contributed by atoms with van der Waals surface area (Å²) in [7, 11) is 0. The van der Waals surface area contributed by atoms with Crippen LogP contribution in [0.25, 0.3) is 0 Å². The van der Waals surface area contributed by atoms with E-state index in [0.29, 0.717) is 23.5 Å². The summed E-state index contributed by atoms with van der Waals surface area (Å²) in [5.74, 6) is 0.760. The molecule has 0 unspecified atom stereocenters. The number of ether oxygens (including phenoxy) is 1. The average molecular weight is 265 g/mol. The van der Waals surface area contributed by atoms with Crippen LogP contribution >= 0.6 is 0 Å². The van der Waals surface area contributed by atoms with Crippen molar-refractivity contribution in [3.63, 3.8) is 0 Å². The number of nitrogens with one attached hydrogen (secondary N) is 1. The zero-order valence-corrected chi connectivity index (χ0v) is 11.8. The molecule has 0 aromatic heterocycles. The fourth-order valence-corrected chi connectivity index (χ4v) is 2.39. The van der Waals surface area contributed by atoms with Gasteiger partial charge in [-0.05, 0) is 50.9 Å². The van der Waals surface area contributed by atoms with E-state index in [0.717, 1.165) is 6.42 Å². The van der Waals surface area contributed by atoms with Crippen LogP contribution in [0.2, 0.25) is 0 Å². The molecule has 2 rings (SSSR count). The third-order valence-corrected chi connectivity index (χ3v) is 3.75. The summed E-state index contributed by atoms with van der Waals surface area (Å²) in [5, 5.41) is 3.03. The topological polar surface area (TPSA) is 55.4 Å². The Bertz CT molecular complexity index is 369. The molecule has 2 aliphatic carbocycles. The minimum absolute atomic E-state index is 0.163. The number of carbonyl (C=O) groups excluding carboxylic acids is 2. The van der Waals surface area contributed by atoms with E-state index in [1.807, 2.05) is 6.92 Å². The van der Waals surface area contributed by atoms with Crippen LogP contribution in [0.15, 0.2) is 11.6 Å². The van der Waals surface area contributed by atoms with E-state index in [-0.39, 0.29) is 12.5 Å². The van der Waals surface area contributed by atoms with Crippen molar-refractivity contribution in [1.82, 2.24) is 5.32 Å². The highest BCUT2D eigenvalue weighted by Crippen LogP contribution is 2.44. The Morgan fingerprint density at radius 2 is 1.84 bits per heavy atom. The van der Waals surface area contributed by atoms with Gasteiger partial charge in [-0.25, -0.2) is 4.79 Å². The Morgan fingerprint density at radius 1 is 1.26 bits per heavy atom. The SMILES string of the molecule is CC/C=C(/C)C(=O)OCC(=O)NC(C1CC1)C1CC1. The summed E-state index contributed by atoms with van der Waals surface area (Å²) in [6, 6.07) is 0.318. The van der Waals surface area contributed by atoms with Crippen LogP contribution in [0.1, 0.15) is 46.0 Å². The minimum atomic E-state index is -0.397. The smallest absolute Gasteiger partial charge is 0.333 e. The summed E-state index contributed by atoms with van der Waals surface area (Å²) in [5.41, 5.74) is 0.566. The highest BCUT2D eigenvalue weighted by atomic mass is 16.5. The maximum atomic E-state index is 11.8. The first kappa shape index (κ1) is 14.1. The molecule has 1 amide bonds. The predicted octanol–water partition coefficient (Wildman–Crippen LogP) is 2.19. The van der Waals surface area contributed by atoms with Crippen molar-refractivity contribution in [2.24, 2.45) is 11.8 Å². The van der Waals surface area contributed by atoms with E-state index in [1.165, 1.54) is 25.7 Å². The van der Waals surface area contributed by atoms with Gasteiger partial charge in [0.2, 0.25) is 0 Å². The molecule has 19 heavy (non-hydrogen) atoms. The van der Waals surface area contributed by atoms with Gasteiger partial charge in [0.05, 0.1) is 0 Å². The van der Waals surface area contributed by atoms with Gasteiger partial charge >= 0.3 is 5.97 Å². The van der Waals surface area contributed by atoms with Crippen molar-refractivity contribution >= 4 is 11.9 Å². The van der Waals surface area contributed by atoms with E-state index in [2.05, 4.69) is 5.32 Å². The number of amides is 1. The first-order valence-corrected chi connectivity index (χ1v) is 7.25. The molecular weight excluding hydrogens is 242 g/mol. The van der Waals surface area contributed by atoms with E-state index in [9.17, 15) is 9.59 Å². The molecular formula is C15H23NO3. The summed E-state index contributed by atoms with van der Waals surface area (Å²) in [6.45, 7) is 3.50. The molecule has 0 aliphatic heterocycles. The normalized spacial score (nSPS) is 19.4. The van der Waals surface area contributed by atoms with Crippen LogP contribution in [-0.4, -0.2) is 24.5 Å². The lowest BCUT2D eigenvalue weighted by Crippen LogP contribution is -2.40. The Balaban J connectivity index is 1.71. The molecule has 4 heteroatoms. The maximum Gasteiger partial charge on any atom is 0.333 e. The Hall–Kier alpha value is -1.32. The van der Waals surface area contributed by atoms with Crippen LogP contribution in [0.5, 0.6) is 0 Å². The monoisotopic (exact) mass is 265 g/mol. The molecule has 2 aliphatic rings. The molecule has 0 aromatic rings. The highest BCUT2D eigenvalue weighted by Gasteiger charge is 2.42. The number of esters is 1. The molecule has 2 saturated carbocycles. The van der Waals surface area contributed by atoms with Crippen molar-refractivity contribution in [2.75, 3.05) is 6.61 Å². The van der Waals surface area contributed by atoms with E-state index < -0.39 is 5.97 Å². The Morgan fingerprint density at radius 3 is 2.32 bits per heavy atom. The quantitative estimate of drug-likeness (QED) is 0.567. The molecule has 0 aromatic carbocycles. The number of rotatable bonds is 7. The molecule has 2 fully saturated rings. The molecule has 0 bridgehead atoms. The Labute approximate surface area is 114 Å². The standard InChI is InChI=1S/C15H23NO3/c1-3-4-10(2)15(18)19-9-13(17)16-14(11-5-6-11)12-7-8-12/h4,11-12,14H,3,5-9H2,1-2H3,(H,16,17)/b10-4-. The van der Waals surface area contributed by atoms with Crippen LogP contribution < -0.4 is 5.32 Å². The third kappa shape index (κ3) is 4.37. The van der Waals surface area contributed by atoms with Crippen molar-refractivity contribution in [2.45, 2.75) is 52.0 Å². The first-order chi connectivity index (χ1) is 9.11. The van der Waals surface area contributed by atoms with Crippen LogP contribution in [0.3, 0.4) is 0 Å². The van der Waals surface area contributed by atoms with Crippen LogP contribution in [0.4, 0.5) is 0 Å². The number of allylic oxidation sites excluding steroid dienone is 1. The largest absolute Gasteiger partial charge is 0.452 e. The predicted molar refractivity (Wildman–Crippen MR) is 72.4 cm³/mol. The van der Waals surface area contributed by atoms with Crippen LogP contribution in [0, 0.1) is 11.8 Å². The Kier molecular flexibility index (Phi) is 4.61. The summed E-state index contributed by atoms with van der Waals surface area (Å²) >= 11 is 0. The third-order valence-electron chi connectivity index (χ3n) is 3.75. The zero-order chi connectivity index (χ0) is 13.8. The molecule has 0 spiro atoms. The molecule has 4 nitrogen and oxygen atoms in total. The van der Waals surface area contributed by atoms with Gasteiger partial charge in [-0.2, -0.15) is 0 Å². The molecule has 0 saturated heterocycles. The minimum Gasteiger partial charge on any atom is -0.452 e. The second-order valence-corrected chi connectivity index (χ2v) is 5.64. The van der Waals surface area contributed by atoms with Crippen molar-refractivity contribution in [1.29, 1.82) is 0 Å². The molecule has 0 atom stereocenters. The van der Waals surface area contributed by atoms with Gasteiger partial charge in [0.1, 0.15) is 0 Å². The summed E-state index contributed by atoms with van der Waals surface area (Å²) in [6.07, 6.45) is 7.48. The summed E-state index contributed by atoms with van der Waals surface area (Å²) < 4.78 is 5.00. The highest BCUT2D eigenvalue weighted by molar-refractivity contribution is 5.89.